The minimum absolute atomic E-state index is 0.319. The lowest BCUT2D eigenvalue weighted by Gasteiger charge is -2.04. The summed E-state index contributed by atoms with van der Waals surface area (Å²) in [4.78, 5) is 11.5. The molecule has 1 rings (SSSR count). The molecule has 0 amide bonds. The second-order valence-electron chi connectivity index (χ2n) is 3.53. The molecule has 0 heterocycles. The van der Waals surface area contributed by atoms with Crippen molar-refractivity contribution < 1.29 is 14.7 Å². The molecule has 0 fully saturated rings. The molecular weight excluding hydrogens is 206 g/mol. The first-order chi connectivity index (χ1) is 7.77. The van der Waals surface area contributed by atoms with Crippen LogP contribution in [0.5, 0.6) is 0 Å². The molecule has 0 saturated carbocycles. The Morgan fingerprint density at radius 1 is 1.31 bits per heavy atom. The molecule has 0 unspecified atom stereocenters. The number of unbranched alkanes of at least 4 members (excludes halogenated alkanes) is 2. The third-order valence-corrected chi connectivity index (χ3v) is 2.23. The van der Waals surface area contributed by atoms with Crippen LogP contribution in [-0.2, 0) is 4.74 Å². The zero-order chi connectivity index (χ0) is 11.8. The molecule has 1 aromatic carbocycles. The summed E-state index contributed by atoms with van der Waals surface area (Å²) in [5.41, 5.74) is 3.04. The van der Waals surface area contributed by atoms with E-state index in [2.05, 4.69) is 6.92 Å². The Labute approximate surface area is 95.2 Å². The number of carbonyl (C=O) groups is 1. The average molecular weight is 223 g/mol. The van der Waals surface area contributed by atoms with E-state index in [4.69, 9.17) is 9.94 Å². The molecule has 0 aliphatic heterocycles. The van der Waals surface area contributed by atoms with E-state index in [1.54, 1.807) is 24.3 Å². The van der Waals surface area contributed by atoms with E-state index >= 15 is 0 Å². The number of carbonyl (C=O) groups excluding carboxylic acids is 1. The van der Waals surface area contributed by atoms with Crippen LogP contribution < -0.4 is 5.48 Å². The number of hydrogen-bond donors (Lipinski definition) is 2. The number of ether oxygens (including phenoxy) is 1. The van der Waals surface area contributed by atoms with Gasteiger partial charge in [-0.1, -0.05) is 19.8 Å². The van der Waals surface area contributed by atoms with Crippen molar-refractivity contribution in [3.8, 4) is 0 Å². The predicted octanol–water partition coefficient (Wildman–Crippen LogP) is 2.83. The zero-order valence-corrected chi connectivity index (χ0v) is 9.40. The van der Waals surface area contributed by atoms with Gasteiger partial charge in [-0.2, -0.15) is 0 Å². The fraction of sp³-hybridized carbons (Fsp3) is 0.417. The van der Waals surface area contributed by atoms with Gasteiger partial charge in [-0.3, -0.25) is 10.7 Å². The summed E-state index contributed by atoms with van der Waals surface area (Å²) in [6.07, 6.45) is 3.08. The van der Waals surface area contributed by atoms with Crippen molar-refractivity contribution in [2.24, 2.45) is 0 Å². The van der Waals surface area contributed by atoms with Crippen LogP contribution in [0.2, 0.25) is 0 Å². The molecule has 0 aromatic heterocycles. The van der Waals surface area contributed by atoms with E-state index < -0.39 is 0 Å². The van der Waals surface area contributed by atoms with Gasteiger partial charge in [-0.05, 0) is 30.7 Å². The molecule has 0 atom stereocenters. The van der Waals surface area contributed by atoms with Crippen molar-refractivity contribution in [1.29, 1.82) is 0 Å². The van der Waals surface area contributed by atoms with Crippen LogP contribution in [0, 0.1) is 0 Å². The predicted molar refractivity (Wildman–Crippen MR) is 61.7 cm³/mol. The van der Waals surface area contributed by atoms with Crippen LogP contribution in [0.1, 0.15) is 36.5 Å². The highest BCUT2D eigenvalue weighted by Crippen LogP contribution is 2.09. The van der Waals surface area contributed by atoms with E-state index in [1.807, 2.05) is 5.48 Å². The lowest BCUT2D eigenvalue weighted by Crippen LogP contribution is -2.06. The fourth-order valence-electron chi connectivity index (χ4n) is 1.28. The molecule has 1 aromatic rings. The molecular formula is C12H17NO3. The Bertz CT molecular complexity index is 322. The fourth-order valence-corrected chi connectivity index (χ4v) is 1.28. The largest absolute Gasteiger partial charge is 0.462 e. The third kappa shape index (κ3) is 3.90. The van der Waals surface area contributed by atoms with Gasteiger partial charge in [0.15, 0.2) is 0 Å². The van der Waals surface area contributed by atoms with Crippen LogP contribution in [0.4, 0.5) is 5.69 Å². The first-order valence-electron chi connectivity index (χ1n) is 5.45. The molecule has 2 N–H and O–H groups in total. The highest BCUT2D eigenvalue weighted by atomic mass is 16.5. The van der Waals surface area contributed by atoms with Gasteiger partial charge in [-0.15, -0.1) is 0 Å². The molecule has 0 radical (unpaired) electrons. The maximum absolute atomic E-state index is 11.5. The molecule has 16 heavy (non-hydrogen) atoms. The van der Waals surface area contributed by atoms with Crippen LogP contribution >= 0.6 is 0 Å². The molecule has 0 aliphatic carbocycles. The number of benzene rings is 1. The van der Waals surface area contributed by atoms with Gasteiger partial charge in [0.05, 0.1) is 17.9 Å². The maximum Gasteiger partial charge on any atom is 0.338 e. The number of hydrogen-bond acceptors (Lipinski definition) is 4. The normalized spacial score (nSPS) is 9.88. The Kier molecular flexibility index (Phi) is 5.36. The summed E-state index contributed by atoms with van der Waals surface area (Å²) in [7, 11) is 0. The summed E-state index contributed by atoms with van der Waals surface area (Å²) in [6, 6.07) is 6.45. The summed E-state index contributed by atoms with van der Waals surface area (Å²) in [5, 5.41) is 8.60. The molecule has 4 heteroatoms. The molecule has 4 nitrogen and oxygen atoms in total. The second kappa shape index (κ2) is 6.85. The number of esters is 1. The van der Waals surface area contributed by atoms with Gasteiger partial charge in [0, 0.05) is 0 Å². The van der Waals surface area contributed by atoms with Crippen LogP contribution in [0.25, 0.3) is 0 Å². The minimum atomic E-state index is -0.319. The number of rotatable bonds is 6. The van der Waals surface area contributed by atoms with E-state index in [-0.39, 0.29) is 5.97 Å². The molecule has 0 aliphatic rings. The topological polar surface area (TPSA) is 58.6 Å². The second-order valence-corrected chi connectivity index (χ2v) is 3.53. The van der Waals surface area contributed by atoms with Gasteiger partial charge >= 0.3 is 5.97 Å². The van der Waals surface area contributed by atoms with E-state index in [1.165, 1.54) is 0 Å². The Morgan fingerprint density at radius 3 is 2.56 bits per heavy atom. The summed E-state index contributed by atoms with van der Waals surface area (Å²) >= 11 is 0. The first kappa shape index (κ1) is 12.5. The Balaban J connectivity index is 2.40. The molecule has 0 spiro atoms. The van der Waals surface area contributed by atoms with E-state index in [9.17, 15) is 4.79 Å². The smallest absolute Gasteiger partial charge is 0.338 e. The van der Waals surface area contributed by atoms with Crippen molar-refractivity contribution >= 4 is 11.7 Å². The Morgan fingerprint density at radius 2 is 2.00 bits per heavy atom. The number of anilines is 1. The summed E-state index contributed by atoms with van der Waals surface area (Å²) in [6.45, 7) is 2.56. The zero-order valence-electron chi connectivity index (χ0n) is 9.40. The highest BCUT2D eigenvalue weighted by molar-refractivity contribution is 5.89. The van der Waals surface area contributed by atoms with Gasteiger partial charge in [0.2, 0.25) is 0 Å². The maximum atomic E-state index is 11.5. The minimum Gasteiger partial charge on any atom is -0.462 e. The van der Waals surface area contributed by atoms with Crippen LogP contribution in [0.3, 0.4) is 0 Å². The molecule has 0 bridgehead atoms. The van der Waals surface area contributed by atoms with E-state index in [0.717, 1.165) is 19.3 Å². The quantitative estimate of drug-likeness (QED) is 0.442. The van der Waals surface area contributed by atoms with Crippen molar-refractivity contribution in [2.75, 3.05) is 12.1 Å². The Hall–Kier alpha value is -1.55. The standard InChI is InChI=1S/C12H17NO3/c1-2-3-4-9-16-12(14)10-5-7-11(13-15)8-6-10/h5-8,13,15H,2-4,9H2,1H3. The SMILES string of the molecule is CCCCCOC(=O)c1ccc(NO)cc1. The average Bonchev–Trinajstić information content (AvgIpc) is 2.34. The van der Waals surface area contributed by atoms with Crippen molar-refractivity contribution in [2.45, 2.75) is 26.2 Å². The van der Waals surface area contributed by atoms with Gasteiger partial charge < -0.3 is 4.74 Å². The lowest BCUT2D eigenvalue weighted by atomic mass is 10.2. The van der Waals surface area contributed by atoms with Crippen molar-refractivity contribution in [1.82, 2.24) is 0 Å². The molecule has 88 valence electrons. The van der Waals surface area contributed by atoms with Gasteiger partial charge in [0.25, 0.3) is 0 Å². The van der Waals surface area contributed by atoms with Crippen molar-refractivity contribution in [3.05, 3.63) is 29.8 Å². The highest BCUT2D eigenvalue weighted by Gasteiger charge is 2.05. The third-order valence-electron chi connectivity index (χ3n) is 2.23. The molecule has 0 saturated heterocycles. The lowest BCUT2D eigenvalue weighted by molar-refractivity contribution is 0.0498. The van der Waals surface area contributed by atoms with Crippen LogP contribution in [-0.4, -0.2) is 17.8 Å². The first-order valence-corrected chi connectivity index (χ1v) is 5.45. The van der Waals surface area contributed by atoms with E-state index in [0.29, 0.717) is 17.9 Å². The summed E-state index contributed by atoms with van der Waals surface area (Å²) in [5.74, 6) is -0.319. The number of nitrogens with one attached hydrogen (secondary N) is 1. The summed E-state index contributed by atoms with van der Waals surface area (Å²) < 4.78 is 5.08. The monoisotopic (exact) mass is 223 g/mol. The van der Waals surface area contributed by atoms with Crippen LogP contribution in [0.15, 0.2) is 24.3 Å². The van der Waals surface area contributed by atoms with Gasteiger partial charge in [-0.25, -0.2) is 4.79 Å². The van der Waals surface area contributed by atoms with Gasteiger partial charge in [0.1, 0.15) is 0 Å². The van der Waals surface area contributed by atoms with Crippen molar-refractivity contribution in [3.63, 3.8) is 0 Å².